The molecule has 0 amide bonds. The van der Waals surface area contributed by atoms with Crippen molar-refractivity contribution in [2.75, 3.05) is 0 Å². The van der Waals surface area contributed by atoms with E-state index in [1.54, 1.807) is 0 Å². The fourth-order valence-electron chi connectivity index (χ4n) is 5.06. The first kappa shape index (κ1) is 25.5. The fourth-order valence-corrected chi connectivity index (χ4v) is 6.22. The van der Waals surface area contributed by atoms with Crippen LogP contribution in [-0.4, -0.2) is 25.5 Å². The average Bonchev–Trinajstić information content (AvgIpc) is 2.76. The molecule has 5 nitrogen and oxygen atoms in total. The summed E-state index contributed by atoms with van der Waals surface area (Å²) in [6, 6.07) is 4.34. The molecule has 33 heavy (non-hydrogen) atoms. The van der Waals surface area contributed by atoms with Crippen molar-refractivity contribution in [1.29, 1.82) is 0 Å². The number of alkyl halides is 3. The molecule has 4 rings (SSSR count). The molecule has 0 radical (unpaired) electrons. The van der Waals surface area contributed by atoms with Gasteiger partial charge in [0.25, 0.3) is 0 Å². The summed E-state index contributed by atoms with van der Waals surface area (Å²) in [5.74, 6) is 0.0153. The molecule has 0 heterocycles. The van der Waals surface area contributed by atoms with Crippen molar-refractivity contribution in [3.8, 4) is 0 Å². The SMILES string of the molecule is O=C(O)CCCC=CCC1C2CCC(CC2)C1NS(=O)(=O)C=Cc1cccc(C(F)(F)F)c1. The lowest BCUT2D eigenvalue weighted by Gasteiger charge is -2.48. The van der Waals surface area contributed by atoms with E-state index in [4.69, 9.17) is 5.11 Å². The van der Waals surface area contributed by atoms with Crippen molar-refractivity contribution in [2.45, 2.75) is 63.6 Å². The number of halogens is 3. The molecule has 3 aliphatic rings. The lowest BCUT2D eigenvalue weighted by atomic mass is 9.61. The lowest BCUT2D eigenvalue weighted by Crippen LogP contribution is -2.52. The van der Waals surface area contributed by atoms with E-state index in [-0.39, 0.29) is 29.9 Å². The molecule has 1 aromatic rings. The maximum atomic E-state index is 12.9. The predicted octanol–water partition coefficient (Wildman–Crippen LogP) is 5.60. The van der Waals surface area contributed by atoms with Crippen LogP contribution in [0.4, 0.5) is 13.2 Å². The molecule has 2 unspecified atom stereocenters. The monoisotopic (exact) mass is 485 g/mol. The van der Waals surface area contributed by atoms with Gasteiger partial charge in [-0.1, -0.05) is 24.3 Å². The number of hydrogen-bond acceptors (Lipinski definition) is 3. The normalized spacial score (nSPS) is 25.8. The highest BCUT2D eigenvalue weighted by atomic mass is 32.2. The van der Waals surface area contributed by atoms with Crippen molar-refractivity contribution >= 4 is 22.1 Å². The summed E-state index contributed by atoms with van der Waals surface area (Å²) in [5.41, 5.74) is -0.656. The summed E-state index contributed by atoms with van der Waals surface area (Å²) < 4.78 is 67.0. The zero-order chi connectivity index (χ0) is 24.1. The van der Waals surface area contributed by atoms with E-state index in [9.17, 15) is 26.4 Å². The quantitative estimate of drug-likeness (QED) is 0.334. The predicted molar refractivity (Wildman–Crippen MR) is 121 cm³/mol. The van der Waals surface area contributed by atoms with Gasteiger partial charge in [-0.05, 0) is 86.5 Å². The van der Waals surface area contributed by atoms with Crippen LogP contribution in [0.5, 0.6) is 0 Å². The van der Waals surface area contributed by atoms with E-state index in [1.165, 1.54) is 18.2 Å². The topological polar surface area (TPSA) is 83.5 Å². The van der Waals surface area contributed by atoms with E-state index in [1.807, 2.05) is 12.2 Å². The molecule has 3 fully saturated rings. The van der Waals surface area contributed by atoms with Crippen LogP contribution in [0.2, 0.25) is 0 Å². The van der Waals surface area contributed by atoms with Crippen LogP contribution in [0.1, 0.15) is 62.5 Å². The van der Waals surface area contributed by atoms with Gasteiger partial charge in [0.1, 0.15) is 0 Å². The van der Waals surface area contributed by atoms with E-state index in [0.29, 0.717) is 18.8 Å². The number of benzene rings is 1. The minimum atomic E-state index is -4.49. The number of fused-ring (bicyclic) bond motifs is 3. The van der Waals surface area contributed by atoms with E-state index >= 15 is 0 Å². The number of carboxylic acid groups (broad SMARTS) is 1. The van der Waals surface area contributed by atoms with Gasteiger partial charge in [-0.25, -0.2) is 13.1 Å². The Morgan fingerprint density at radius 2 is 1.82 bits per heavy atom. The highest BCUT2D eigenvalue weighted by Crippen LogP contribution is 2.47. The number of allylic oxidation sites excluding steroid dienone is 2. The van der Waals surface area contributed by atoms with Gasteiger partial charge in [-0.3, -0.25) is 4.79 Å². The molecular weight excluding hydrogens is 455 g/mol. The first-order valence-electron chi connectivity index (χ1n) is 11.3. The van der Waals surface area contributed by atoms with Crippen molar-refractivity contribution in [3.05, 3.63) is 53.0 Å². The minimum absolute atomic E-state index is 0.124. The Morgan fingerprint density at radius 1 is 1.12 bits per heavy atom. The zero-order valence-corrected chi connectivity index (χ0v) is 19.1. The average molecular weight is 486 g/mol. The van der Waals surface area contributed by atoms with Crippen molar-refractivity contribution in [2.24, 2.45) is 17.8 Å². The summed E-state index contributed by atoms with van der Waals surface area (Å²) in [5, 5.41) is 9.66. The summed E-state index contributed by atoms with van der Waals surface area (Å²) >= 11 is 0. The standard InChI is InChI=1S/C24H30F3NO4S/c25-24(26,27)20-7-5-6-17(16-20)14-15-33(31,32)28-23-19-12-10-18(11-13-19)21(23)8-3-1-2-4-9-22(29)30/h1,3,5-7,14-16,18-19,21,23,28H,2,4,8-13H2,(H,29,30). The molecule has 182 valence electrons. The van der Waals surface area contributed by atoms with Crippen molar-refractivity contribution < 1.29 is 31.5 Å². The van der Waals surface area contributed by atoms with Gasteiger partial charge >= 0.3 is 12.1 Å². The number of nitrogens with one attached hydrogen (secondary N) is 1. The van der Waals surface area contributed by atoms with Gasteiger partial charge in [0.15, 0.2) is 0 Å². The number of aliphatic carboxylic acids is 1. The summed E-state index contributed by atoms with van der Waals surface area (Å²) in [7, 11) is -3.83. The molecule has 2 N–H and O–H groups in total. The highest BCUT2D eigenvalue weighted by molar-refractivity contribution is 7.92. The van der Waals surface area contributed by atoms with E-state index in [2.05, 4.69) is 4.72 Å². The Hall–Kier alpha value is -2.13. The first-order chi connectivity index (χ1) is 15.5. The molecule has 2 bridgehead atoms. The second-order valence-electron chi connectivity index (χ2n) is 8.95. The van der Waals surface area contributed by atoms with Gasteiger partial charge in [0.05, 0.1) is 5.56 Å². The number of rotatable bonds is 10. The Balaban J connectivity index is 1.65. The van der Waals surface area contributed by atoms with E-state index in [0.717, 1.165) is 49.6 Å². The first-order valence-corrected chi connectivity index (χ1v) is 12.8. The maximum Gasteiger partial charge on any atom is 0.416 e. The molecule has 2 atom stereocenters. The van der Waals surface area contributed by atoms with Gasteiger partial charge in [-0.2, -0.15) is 13.2 Å². The molecule has 0 aliphatic heterocycles. The molecular formula is C24H30F3NO4S. The summed E-state index contributed by atoms with van der Waals surface area (Å²) in [4.78, 5) is 10.6. The van der Waals surface area contributed by atoms with Crippen LogP contribution >= 0.6 is 0 Å². The Morgan fingerprint density at radius 3 is 2.48 bits per heavy atom. The molecule has 1 aromatic carbocycles. The summed E-state index contributed by atoms with van der Waals surface area (Å²) in [6.07, 6.45) is 6.84. The Bertz CT molecular complexity index is 980. The highest BCUT2D eigenvalue weighted by Gasteiger charge is 2.44. The van der Waals surface area contributed by atoms with Gasteiger partial charge in [0.2, 0.25) is 10.0 Å². The van der Waals surface area contributed by atoms with Crippen molar-refractivity contribution in [3.63, 3.8) is 0 Å². The molecule has 3 saturated carbocycles. The third kappa shape index (κ3) is 7.43. The lowest BCUT2D eigenvalue weighted by molar-refractivity contribution is -0.138. The molecule has 0 spiro atoms. The summed E-state index contributed by atoms with van der Waals surface area (Å²) in [6.45, 7) is 0. The van der Waals surface area contributed by atoms with Crippen LogP contribution in [0.25, 0.3) is 6.08 Å². The van der Waals surface area contributed by atoms with Crippen molar-refractivity contribution in [1.82, 2.24) is 4.72 Å². The second-order valence-corrected chi connectivity index (χ2v) is 10.5. The van der Waals surface area contributed by atoms with Crippen LogP contribution < -0.4 is 4.72 Å². The minimum Gasteiger partial charge on any atom is -0.481 e. The number of hydrogen-bond donors (Lipinski definition) is 2. The van der Waals surface area contributed by atoms with E-state index < -0.39 is 27.7 Å². The third-order valence-electron chi connectivity index (χ3n) is 6.68. The molecule has 3 aliphatic carbocycles. The number of carbonyl (C=O) groups is 1. The Labute approximate surface area is 192 Å². The van der Waals surface area contributed by atoms with Crippen LogP contribution in [-0.2, 0) is 21.0 Å². The molecule has 0 saturated heterocycles. The second kappa shape index (κ2) is 10.9. The van der Waals surface area contributed by atoms with Gasteiger partial charge in [0, 0.05) is 17.9 Å². The van der Waals surface area contributed by atoms with Gasteiger partial charge in [-0.15, -0.1) is 0 Å². The third-order valence-corrected chi connectivity index (χ3v) is 7.78. The maximum absolute atomic E-state index is 12.9. The number of carboxylic acids is 1. The van der Waals surface area contributed by atoms with Crippen LogP contribution in [0.3, 0.4) is 0 Å². The number of unbranched alkanes of at least 4 members (excludes halogenated alkanes) is 1. The Kier molecular flexibility index (Phi) is 8.39. The molecule has 0 aromatic heterocycles. The zero-order valence-electron chi connectivity index (χ0n) is 18.3. The van der Waals surface area contributed by atoms with Crippen LogP contribution in [0, 0.1) is 17.8 Å². The largest absolute Gasteiger partial charge is 0.481 e. The van der Waals surface area contributed by atoms with Gasteiger partial charge < -0.3 is 5.11 Å². The smallest absolute Gasteiger partial charge is 0.416 e. The number of sulfonamides is 1. The van der Waals surface area contributed by atoms with Crippen LogP contribution in [0.15, 0.2) is 41.8 Å². The molecule has 9 heteroatoms. The fraction of sp³-hybridized carbons (Fsp3) is 0.542.